The summed E-state index contributed by atoms with van der Waals surface area (Å²) in [6, 6.07) is 6.55. The molecule has 9 heteroatoms. The molecule has 4 fully saturated rings. The van der Waals surface area contributed by atoms with E-state index < -0.39 is 26.5 Å². The minimum absolute atomic E-state index is 0.0737. The van der Waals surface area contributed by atoms with Crippen LogP contribution < -0.4 is 4.74 Å². The molecule has 0 unspecified atom stereocenters. The molecule has 4 aliphatic rings. The number of benzene rings is 1. The fraction of sp³-hybridized carbons (Fsp3) is 0.680. The van der Waals surface area contributed by atoms with Crippen molar-refractivity contribution < 1.29 is 27.5 Å². The van der Waals surface area contributed by atoms with Crippen molar-refractivity contribution in [2.45, 2.75) is 63.4 Å². The number of esters is 1. The van der Waals surface area contributed by atoms with Crippen molar-refractivity contribution in [3.63, 3.8) is 0 Å². The molecule has 186 valence electrons. The third-order valence-corrected chi connectivity index (χ3v) is 11.5. The van der Waals surface area contributed by atoms with Gasteiger partial charge in [0.05, 0.1) is 17.4 Å². The molecule has 0 aromatic heterocycles. The Morgan fingerprint density at radius 1 is 1.03 bits per heavy atom. The first-order chi connectivity index (χ1) is 15.9. The summed E-state index contributed by atoms with van der Waals surface area (Å²) in [5.41, 5.74) is -2.36. The Morgan fingerprint density at radius 3 is 2.29 bits per heavy atom. The van der Waals surface area contributed by atoms with E-state index in [0.29, 0.717) is 57.6 Å². The molecule has 0 N–H and O–H groups in total. The summed E-state index contributed by atoms with van der Waals surface area (Å²) in [6.07, 6.45) is 3.48. The lowest BCUT2D eigenvalue weighted by atomic mass is 9.66. The number of carbonyl (C=O) groups is 2. The van der Waals surface area contributed by atoms with E-state index in [1.54, 1.807) is 28.6 Å². The highest BCUT2D eigenvalue weighted by Crippen LogP contribution is 2.66. The van der Waals surface area contributed by atoms with Crippen LogP contribution in [0.2, 0.25) is 0 Å². The highest BCUT2D eigenvalue weighted by atomic mass is 32.2. The van der Waals surface area contributed by atoms with Crippen LogP contribution in [0.25, 0.3) is 0 Å². The molecule has 1 spiro atoms. The lowest BCUT2D eigenvalue weighted by Gasteiger charge is -2.40. The number of ether oxygens (including phenoxy) is 2. The number of fused-ring (bicyclic) bond motifs is 2. The zero-order valence-corrected chi connectivity index (χ0v) is 21.2. The van der Waals surface area contributed by atoms with E-state index in [9.17, 15) is 18.0 Å². The molecule has 2 atom stereocenters. The minimum Gasteiger partial charge on any atom is -0.497 e. The van der Waals surface area contributed by atoms with Crippen LogP contribution in [0, 0.1) is 16.2 Å². The van der Waals surface area contributed by atoms with Crippen LogP contribution in [-0.2, 0) is 24.3 Å². The summed E-state index contributed by atoms with van der Waals surface area (Å²) in [5, 5.41) is 0. The first kappa shape index (κ1) is 23.6. The summed E-state index contributed by atoms with van der Waals surface area (Å²) in [4.78, 5) is 28.5. The van der Waals surface area contributed by atoms with Crippen LogP contribution in [-0.4, -0.2) is 68.4 Å². The summed E-state index contributed by atoms with van der Waals surface area (Å²) < 4.78 is 38.9. The number of rotatable bonds is 4. The quantitative estimate of drug-likeness (QED) is 0.603. The standard InChI is InChI=1S/C25H34N2O6S/c1-22(2)23(3)8-9-25(22,33-21(23)29)20(28)26-13-10-24(17-26)11-14-27(15-12-24)34(30,31)19-7-5-6-18(16-19)32-4/h5-7,16H,8-15,17H2,1-4H3/t23-,25+/m0/s1. The predicted octanol–water partition coefficient (Wildman–Crippen LogP) is 2.82. The fourth-order valence-electron chi connectivity index (χ4n) is 6.60. The van der Waals surface area contributed by atoms with Crippen molar-refractivity contribution in [3.8, 4) is 5.75 Å². The van der Waals surface area contributed by atoms with Gasteiger partial charge in [-0.15, -0.1) is 0 Å². The molecule has 3 heterocycles. The van der Waals surface area contributed by atoms with Crippen LogP contribution in [0.15, 0.2) is 29.2 Å². The Labute approximate surface area is 201 Å². The van der Waals surface area contributed by atoms with Crippen molar-refractivity contribution in [1.82, 2.24) is 9.21 Å². The third kappa shape index (κ3) is 3.02. The predicted molar refractivity (Wildman–Crippen MR) is 125 cm³/mol. The number of hydrogen-bond donors (Lipinski definition) is 0. The number of carbonyl (C=O) groups excluding carboxylic acids is 2. The number of piperidine rings is 1. The van der Waals surface area contributed by atoms with Gasteiger partial charge in [-0.2, -0.15) is 4.31 Å². The molecule has 0 radical (unpaired) electrons. The van der Waals surface area contributed by atoms with Gasteiger partial charge < -0.3 is 14.4 Å². The highest BCUT2D eigenvalue weighted by molar-refractivity contribution is 7.89. The molecular formula is C25H34N2O6S. The number of sulfonamides is 1. The molecular weight excluding hydrogens is 456 g/mol. The van der Waals surface area contributed by atoms with E-state index in [1.165, 1.54) is 7.11 Å². The van der Waals surface area contributed by atoms with E-state index >= 15 is 0 Å². The number of methoxy groups -OCH3 is 1. The largest absolute Gasteiger partial charge is 0.497 e. The lowest BCUT2D eigenvalue weighted by molar-refractivity contribution is -0.173. The second-order valence-electron chi connectivity index (χ2n) is 11.2. The van der Waals surface area contributed by atoms with Crippen LogP contribution in [0.4, 0.5) is 0 Å². The van der Waals surface area contributed by atoms with E-state index in [2.05, 4.69) is 0 Å². The Kier molecular flexibility index (Phi) is 5.16. The van der Waals surface area contributed by atoms with E-state index in [-0.39, 0.29) is 22.2 Å². The molecule has 34 heavy (non-hydrogen) atoms. The average Bonchev–Trinajstić information content (AvgIpc) is 3.36. The number of nitrogens with zero attached hydrogens (tertiary/aromatic N) is 2. The molecule has 1 amide bonds. The molecule has 1 aromatic carbocycles. The zero-order valence-electron chi connectivity index (χ0n) is 20.4. The lowest BCUT2D eigenvalue weighted by Crippen LogP contribution is -2.55. The van der Waals surface area contributed by atoms with Crippen LogP contribution in [0.1, 0.15) is 52.9 Å². The Hall–Kier alpha value is -2.13. The number of amides is 1. The molecule has 1 aliphatic carbocycles. The van der Waals surface area contributed by atoms with Gasteiger partial charge in [0, 0.05) is 37.7 Å². The van der Waals surface area contributed by atoms with Gasteiger partial charge in [-0.25, -0.2) is 8.42 Å². The molecule has 1 aromatic rings. The van der Waals surface area contributed by atoms with Crippen molar-refractivity contribution in [2.75, 3.05) is 33.3 Å². The monoisotopic (exact) mass is 490 g/mol. The topological polar surface area (TPSA) is 93.2 Å². The third-order valence-electron chi connectivity index (χ3n) is 9.62. The van der Waals surface area contributed by atoms with Gasteiger partial charge in [0.1, 0.15) is 5.75 Å². The number of hydrogen-bond acceptors (Lipinski definition) is 6. The van der Waals surface area contributed by atoms with Gasteiger partial charge in [0.2, 0.25) is 10.0 Å². The average molecular weight is 491 g/mol. The summed E-state index contributed by atoms with van der Waals surface area (Å²) in [7, 11) is -2.09. The van der Waals surface area contributed by atoms with Gasteiger partial charge in [-0.1, -0.05) is 19.9 Å². The van der Waals surface area contributed by atoms with Crippen molar-refractivity contribution >= 4 is 21.9 Å². The Balaban J connectivity index is 1.28. The SMILES string of the molecule is COc1cccc(S(=O)(=O)N2CCC3(CCN(C(=O)[C@@]45CC[C@@](C)(C(=O)O4)C5(C)C)C3)CC2)c1. The van der Waals surface area contributed by atoms with Gasteiger partial charge in [-0.3, -0.25) is 9.59 Å². The zero-order chi connectivity index (χ0) is 24.6. The second kappa shape index (κ2) is 7.43. The smallest absolute Gasteiger partial charge is 0.313 e. The van der Waals surface area contributed by atoms with Crippen molar-refractivity contribution in [3.05, 3.63) is 24.3 Å². The highest BCUT2D eigenvalue weighted by Gasteiger charge is 2.76. The maximum atomic E-state index is 13.8. The van der Waals surface area contributed by atoms with Gasteiger partial charge in [0.15, 0.2) is 5.60 Å². The molecule has 3 saturated heterocycles. The summed E-state index contributed by atoms with van der Waals surface area (Å²) in [5.74, 6) is 0.176. The van der Waals surface area contributed by atoms with Crippen molar-refractivity contribution in [1.29, 1.82) is 0 Å². The van der Waals surface area contributed by atoms with Gasteiger partial charge in [0.25, 0.3) is 5.91 Å². The van der Waals surface area contributed by atoms with Crippen LogP contribution in [0.5, 0.6) is 5.75 Å². The Morgan fingerprint density at radius 2 is 1.71 bits per heavy atom. The Bertz CT molecular complexity index is 1140. The van der Waals surface area contributed by atoms with Gasteiger partial charge >= 0.3 is 5.97 Å². The maximum Gasteiger partial charge on any atom is 0.313 e. The van der Waals surface area contributed by atoms with Crippen molar-refractivity contribution in [2.24, 2.45) is 16.2 Å². The van der Waals surface area contributed by atoms with Crippen LogP contribution in [0.3, 0.4) is 0 Å². The molecule has 1 saturated carbocycles. The first-order valence-electron chi connectivity index (χ1n) is 12.1. The van der Waals surface area contributed by atoms with Gasteiger partial charge in [-0.05, 0) is 56.6 Å². The van der Waals surface area contributed by atoms with E-state index in [1.807, 2.05) is 25.7 Å². The van der Waals surface area contributed by atoms with E-state index in [0.717, 1.165) is 6.42 Å². The molecule has 8 nitrogen and oxygen atoms in total. The fourth-order valence-corrected chi connectivity index (χ4v) is 8.08. The molecule has 3 aliphatic heterocycles. The maximum absolute atomic E-state index is 13.8. The number of likely N-dealkylation sites (tertiary alicyclic amines) is 1. The molecule has 2 bridgehead atoms. The van der Waals surface area contributed by atoms with E-state index in [4.69, 9.17) is 9.47 Å². The first-order valence-corrected chi connectivity index (χ1v) is 13.5. The second-order valence-corrected chi connectivity index (χ2v) is 13.2. The summed E-state index contributed by atoms with van der Waals surface area (Å²) >= 11 is 0. The van der Waals surface area contributed by atoms with Crippen LogP contribution >= 0.6 is 0 Å². The summed E-state index contributed by atoms with van der Waals surface area (Å²) in [6.45, 7) is 7.93. The minimum atomic E-state index is -3.61. The normalized spacial score (nSPS) is 32.2. The molecule has 5 rings (SSSR count).